The van der Waals surface area contributed by atoms with E-state index in [0.29, 0.717) is 17.7 Å². The zero-order valence-corrected chi connectivity index (χ0v) is 16.1. The number of amides is 2. The van der Waals surface area contributed by atoms with Crippen LogP contribution in [-0.2, 0) is 4.79 Å². The lowest BCUT2D eigenvalue weighted by atomic mass is 10.1. The summed E-state index contributed by atoms with van der Waals surface area (Å²) in [5.41, 5.74) is 2.27. The van der Waals surface area contributed by atoms with Crippen molar-refractivity contribution in [1.82, 2.24) is 5.32 Å². The molecule has 0 unspecified atom stereocenters. The summed E-state index contributed by atoms with van der Waals surface area (Å²) in [6.45, 7) is 1.96. The number of nitrogens with one attached hydrogen (secondary N) is 2. The molecule has 2 rings (SSSR count). The molecule has 2 N–H and O–H groups in total. The number of carbonyl (C=O) groups excluding carboxylic acids is 2. The highest BCUT2D eigenvalue weighted by Gasteiger charge is 2.21. The molecule has 0 fully saturated rings. The number of rotatable bonds is 8. The molecular weight excluding hydrogens is 348 g/mol. The van der Waals surface area contributed by atoms with Crippen LogP contribution in [0.5, 0.6) is 5.75 Å². The van der Waals surface area contributed by atoms with E-state index in [1.165, 1.54) is 0 Å². The number of methoxy groups -OCH3 is 1. The second-order valence-electron chi connectivity index (χ2n) is 5.89. The van der Waals surface area contributed by atoms with Crippen LogP contribution in [0.25, 0.3) is 0 Å². The van der Waals surface area contributed by atoms with Crippen molar-refractivity contribution in [3.8, 4) is 5.75 Å². The van der Waals surface area contributed by atoms with Gasteiger partial charge >= 0.3 is 0 Å². The fraction of sp³-hybridized carbons (Fsp3) is 0.300. The zero-order valence-electron chi connectivity index (χ0n) is 15.2. The minimum Gasteiger partial charge on any atom is -0.497 e. The number of aryl methyl sites for hydroxylation is 1. The van der Waals surface area contributed by atoms with Crippen molar-refractivity contribution in [3.63, 3.8) is 0 Å². The van der Waals surface area contributed by atoms with Crippen LogP contribution in [0.3, 0.4) is 0 Å². The lowest BCUT2D eigenvalue weighted by molar-refractivity contribution is -0.118. The molecule has 2 aromatic carbocycles. The van der Waals surface area contributed by atoms with Crippen molar-refractivity contribution in [1.29, 1.82) is 0 Å². The molecule has 0 aliphatic rings. The van der Waals surface area contributed by atoms with Gasteiger partial charge in [-0.1, -0.05) is 12.1 Å². The Kier molecular flexibility index (Phi) is 7.53. The molecule has 0 aliphatic carbocycles. The van der Waals surface area contributed by atoms with E-state index in [2.05, 4.69) is 10.6 Å². The van der Waals surface area contributed by atoms with Crippen LogP contribution in [0, 0.1) is 6.92 Å². The molecule has 6 heteroatoms. The number of hydrogen-bond donors (Lipinski definition) is 2. The highest BCUT2D eigenvalue weighted by Crippen LogP contribution is 2.13. The van der Waals surface area contributed by atoms with Crippen molar-refractivity contribution >= 4 is 29.3 Å². The Labute approximate surface area is 158 Å². The molecule has 0 saturated carbocycles. The van der Waals surface area contributed by atoms with Gasteiger partial charge in [0.05, 0.1) is 7.11 Å². The highest BCUT2D eigenvalue weighted by atomic mass is 32.2. The van der Waals surface area contributed by atoms with E-state index < -0.39 is 6.04 Å². The van der Waals surface area contributed by atoms with Gasteiger partial charge in [0, 0.05) is 11.3 Å². The molecule has 0 bridgehead atoms. The van der Waals surface area contributed by atoms with E-state index in [9.17, 15) is 9.59 Å². The summed E-state index contributed by atoms with van der Waals surface area (Å²) in [5.74, 6) is 0.955. The van der Waals surface area contributed by atoms with Crippen LogP contribution in [0.1, 0.15) is 22.3 Å². The average Bonchev–Trinajstić information content (AvgIpc) is 2.65. The number of carbonyl (C=O) groups is 2. The number of ether oxygens (including phenoxy) is 1. The topological polar surface area (TPSA) is 67.4 Å². The van der Waals surface area contributed by atoms with Crippen LogP contribution < -0.4 is 15.4 Å². The Morgan fingerprint density at radius 3 is 2.50 bits per heavy atom. The number of anilines is 1. The standard InChI is InChI=1S/C20H24N2O3S/c1-14-5-4-6-16(13-14)21-20(24)18(11-12-26-3)22-19(23)15-7-9-17(25-2)10-8-15/h4-10,13,18H,11-12H2,1-3H3,(H,21,24)(H,22,23)/t18-/m0/s1. The SMILES string of the molecule is COc1ccc(C(=O)N[C@@H](CCSC)C(=O)Nc2cccc(C)c2)cc1. The molecule has 0 heterocycles. The Balaban J connectivity index is 2.07. The quantitative estimate of drug-likeness (QED) is 0.744. The lowest BCUT2D eigenvalue weighted by Crippen LogP contribution is -2.44. The summed E-state index contributed by atoms with van der Waals surface area (Å²) >= 11 is 1.64. The Morgan fingerprint density at radius 2 is 1.88 bits per heavy atom. The Bertz CT molecular complexity index is 747. The molecule has 1 atom stereocenters. The normalized spacial score (nSPS) is 11.5. The summed E-state index contributed by atoms with van der Waals surface area (Å²) in [6.07, 6.45) is 2.53. The summed E-state index contributed by atoms with van der Waals surface area (Å²) in [6, 6.07) is 13.8. The molecule has 0 aliphatic heterocycles. The van der Waals surface area contributed by atoms with Gasteiger partial charge in [-0.15, -0.1) is 0 Å². The van der Waals surface area contributed by atoms with Gasteiger partial charge in [0.1, 0.15) is 11.8 Å². The summed E-state index contributed by atoms with van der Waals surface area (Å²) in [4.78, 5) is 25.1. The maximum Gasteiger partial charge on any atom is 0.251 e. The van der Waals surface area contributed by atoms with Gasteiger partial charge < -0.3 is 15.4 Å². The summed E-state index contributed by atoms with van der Waals surface area (Å²) in [5, 5.41) is 5.72. The van der Waals surface area contributed by atoms with Crippen LogP contribution in [0.2, 0.25) is 0 Å². The third kappa shape index (κ3) is 5.81. The third-order valence-electron chi connectivity index (χ3n) is 3.87. The maximum absolute atomic E-state index is 12.6. The number of hydrogen-bond acceptors (Lipinski definition) is 4. The van der Waals surface area contributed by atoms with Crippen LogP contribution in [0.15, 0.2) is 48.5 Å². The van der Waals surface area contributed by atoms with Gasteiger partial charge in [-0.2, -0.15) is 11.8 Å². The van der Waals surface area contributed by atoms with Crippen molar-refractivity contribution in [3.05, 3.63) is 59.7 Å². The van der Waals surface area contributed by atoms with E-state index >= 15 is 0 Å². The van der Waals surface area contributed by atoms with Gasteiger partial charge in [-0.05, 0) is 67.3 Å². The number of thioether (sulfide) groups is 1. The van der Waals surface area contributed by atoms with Gasteiger partial charge in [0.15, 0.2) is 0 Å². The summed E-state index contributed by atoms with van der Waals surface area (Å²) < 4.78 is 5.10. The monoisotopic (exact) mass is 372 g/mol. The minimum absolute atomic E-state index is 0.216. The van der Waals surface area contributed by atoms with Crippen LogP contribution in [-0.4, -0.2) is 37.0 Å². The highest BCUT2D eigenvalue weighted by molar-refractivity contribution is 7.98. The van der Waals surface area contributed by atoms with Gasteiger partial charge in [0.2, 0.25) is 5.91 Å². The maximum atomic E-state index is 12.6. The van der Waals surface area contributed by atoms with E-state index in [1.54, 1.807) is 43.1 Å². The first-order valence-corrected chi connectivity index (χ1v) is 9.74. The molecule has 0 saturated heterocycles. The molecule has 2 amide bonds. The second-order valence-corrected chi connectivity index (χ2v) is 6.88. The molecule has 26 heavy (non-hydrogen) atoms. The van der Waals surface area contributed by atoms with Crippen LogP contribution >= 0.6 is 11.8 Å². The summed E-state index contributed by atoms with van der Waals surface area (Å²) in [7, 11) is 1.57. The Morgan fingerprint density at radius 1 is 1.15 bits per heavy atom. The molecule has 138 valence electrons. The average molecular weight is 372 g/mol. The fourth-order valence-corrected chi connectivity index (χ4v) is 2.91. The number of benzene rings is 2. The van der Waals surface area contributed by atoms with E-state index in [0.717, 1.165) is 17.0 Å². The zero-order chi connectivity index (χ0) is 18.9. The van der Waals surface area contributed by atoms with E-state index in [-0.39, 0.29) is 11.8 Å². The molecule has 5 nitrogen and oxygen atoms in total. The first-order chi connectivity index (χ1) is 12.5. The first kappa shape index (κ1) is 19.8. The first-order valence-electron chi connectivity index (χ1n) is 8.35. The molecule has 2 aromatic rings. The van der Waals surface area contributed by atoms with Gasteiger partial charge in [-0.25, -0.2) is 0 Å². The smallest absolute Gasteiger partial charge is 0.251 e. The van der Waals surface area contributed by atoms with Crippen molar-refractivity contribution in [2.24, 2.45) is 0 Å². The van der Waals surface area contributed by atoms with Crippen molar-refractivity contribution < 1.29 is 14.3 Å². The predicted octanol–water partition coefficient (Wildman–Crippen LogP) is 3.49. The second kappa shape index (κ2) is 9.87. The van der Waals surface area contributed by atoms with Crippen molar-refractivity contribution in [2.45, 2.75) is 19.4 Å². The van der Waals surface area contributed by atoms with Gasteiger partial charge in [-0.3, -0.25) is 9.59 Å². The Hall–Kier alpha value is -2.47. The minimum atomic E-state index is -0.599. The van der Waals surface area contributed by atoms with E-state index in [4.69, 9.17) is 4.74 Å². The van der Waals surface area contributed by atoms with Gasteiger partial charge in [0.25, 0.3) is 5.91 Å². The molecular formula is C20H24N2O3S. The van der Waals surface area contributed by atoms with Crippen molar-refractivity contribution in [2.75, 3.05) is 24.4 Å². The van der Waals surface area contributed by atoms with E-state index in [1.807, 2.05) is 37.4 Å². The third-order valence-corrected chi connectivity index (χ3v) is 4.51. The largest absolute Gasteiger partial charge is 0.497 e. The molecule has 0 aromatic heterocycles. The predicted molar refractivity (Wildman–Crippen MR) is 107 cm³/mol. The molecule has 0 spiro atoms. The lowest BCUT2D eigenvalue weighted by Gasteiger charge is -2.18. The molecule has 0 radical (unpaired) electrons. The fourth-order valence-electron chi connectivity index (χ4n) is 2.44. The van der Waals surface area contributed by atoms with Crippen LogP contribution in [0.4, 0.5) is 5.69 Å².